The van der Waals surface area contributed by atoms with Crippen LogP contribution in [-0.4, -0.2) is 28.8 Å². The number of amides is 1. The molecule has 0 unspecified atom stereocenters. The largest absolute Gasteiger partial charge is 0.484 e. The fourth-order valence-electron chi connectivity index (χ4n) is 2.24. The highest BCUT2D eigenvalue weighted by Gasteiger charge is 2.28. The normalized spacial score (nSPS) is 11.4. The maximum Gasteiger partial charge on any atom is 0.422 e. The van der Waals surface area contributed by atoms with Crippen LogP contribution >= 0.6 is 0 Å². The first-order valence-corrected chi connectivity index (χ1v) is 8.31. The molecule has 1 N–H and O–H groups in total. The van der Waals surface area contributed by atoms with E-state index in [1.165, 1.54) is 18.4 Å². The molecule has 1 aromatic carbocycles. The van der Waals surface area contributed by atoms with Crippen molar-refractivity contribution in [2.45, 2.75) is 25.6 Å². The van der Waals surface area contributed by atoms with Crippen molar-refractivity contribution in [1.29, 1.82) is 0 Å². The molecule has 2 heterocycles. The van der Waals surface area contributed by atoms with Gasteiger partial charge >= 0.3 is 6.18 Å². The Morgan fingerprint density at radius 3 is 2.64 bits per heavy atom. The van der Waals surface area contributed by atoms with Crippen LogP contribution in [0.3, 0.4) is 0 Å². The van der Waals surface area contributed by atoms with Gasteiger partial charge in [0.25, 0.3) is 0 Å². The van der Waals surface area contributed by atoms with E-state index in [4.69, 9.17) is 8.94 Å². The number of carbonyl (C=O) groups excluding carboxylic acids is 1. The zero-order chi connectivity index (χ0) is 20.0. The van der Waals surface area contributed by atoms with Gasteiger partial charge in [0.05, 0.1) is 6.26 Å². The van der Waals surface area contributed by atoms with Crippen LogP contribution in [-0.2, 0) is 17.8 Å². The minimum atomic E-state index is -4.39. The van der Waals surface area contributed by atoms with Crippen LogP contribution in [0.2, 0.25) is 0 Å². The van der Waals surface area contributed by atoms with Crippen LogP contribution in [0.15, 0.2) is 51.6 Å². The van der Waals surface area contributed by atoms with Gasteiger partial charge in [0, 0.05) is 19.4 Å². The summed E-state index contributed by atoms with van der Waals surface area (Å²) in [6.07, 6.45) is -2.48. The summed E-state index contributed by atoms with van der Waals surface area (Å²) in [4.78, 5) is 16.1. The van der Waals surface area contributed by atoms with Crippen LogP contribution in [0, 0.1) is 0 Å². The Balaban J connectivity index is 1.41. The number of halogens is 3. The molecule has 0 bridgehead atoms. The fraction of sp³-hybridized carbons (Fsp3) is 0.278. The molecule has 2 aromatic heterocycles. The maximum atomic E-state index is 12.1. The minimum absolute atomic E-state index is 0.108. The lowest BCUT2D eigenvalue weighted by molar-refractivity contribution is -0.153. The molecular weight excluding hydrogens is 379 g/mol. The van der Waals surface area contributed by atoms with Crippen LogP contribution in [0.4, 0.5) is 13.2 Å². The molecule has 0 aliphatic carbocycles. The lowest BCUT2D eigenvalue weighted by atomic mass is 10.2. The van der Waals surface area contributed by atoms with Crippen LogP contribution < -0.4 is 10.1 Å². The molecule has 3 rings (SSSR count). The molecule has 0 saturated heterocycles. The second-order valence-corrected chi connectivity index (χ2v) is 5.81. The Labute approximate surface area is 157 Å². The number of carbonyl (C=O) groups is 1. The van der Waals surface area contributed by atoms with Crippen molar-refractivity contribution in [1.82, 2.24) is 15.5 Å². The van der Waals surface area contributed by atoms with E-state index in [2.05, 4.69) is 20.2 Å². The van der Waals surface area contributed by atoms with Crippen molar-refractivity contribution in [3.63, 3.8) is 0 Å². The average molecular weight is 395 g/mol. The maximum absolute atomic E-state index is 12.1. The Morgan fingerprint density at radius 2 is 1.96 bits per heavy atom. The van der Waals surface area contributed by atoms with Crippen molar-refractivity contribution in [2.24, 2.45) is 0 Å². The van der Waals surface area contributed by atoms with Gasteiger partial charge in [0.1, 0.15) is 5.75 Å². The van der Waals surface area contributed by atoms with Crippen molar-refractivity contribution in [3.05, 3.63) is 54.1 Å². The van der Waals surface area contributed by atoms with E-state index < -0.39 is 12.8 Å². The van der Waals surface area contributed by atoms with E-state index in [1.54, 1.807) is 24.3 Å². The number of aromatic nitrogens is 2. The van der Waals surface area contributed by atoms with Gasteiger partial charge in [-0.3, -0.25) is 4.79 Å². The number of benzene rings is 1. The molecule has 0 radical (unpaired) electrons. The van der Waals surface area contributed by atoms with Gasteiger partial charge in [-0.15, -0.1) is 0 Å². The van der Waals surface area contributed by atoms with E-state index in [9.17, 15) is 18.0 Å². The number of hydrogen-bond donors (Lipinski definition) is 1. The number of alkyl halides is 3. The number of aryl methyl sites for hydroxylation is 1. The highest BCUT2D eigenvalue weighted by atomic mass is 19.4. The summed E-state index contributed by atoms with van der Waals surface area (Å²) in [5, 5.41) is 6.49. The predicted molar refractivity (Wildman–Crippen MR) is 90.2 cm³/mol. The summed E-state index contributed by atoms with van der Waals surface area (Å²) in [5.74, 6) is 0.981. The van der Waals surface area contributed by atoms with Crippen LogP contribution in [0.5, 0.6) is 5.75 Å². The third kappa shape index (κ3) is 5.86. The van der Waals surface area contributed by atoms with E-state index in [0.717, 1.165) is 5.56 Å². The monoisotopic (exact) mass is 395 g/mol. The van der Waals surface area contributed by atoms with Crippen molar-refractivity contribution < 1.29 is 31.6 Å². The molecule has 0 spiro atoms. The number of ether oxygens (including phenoxy) is 1. The summed E-state index contributed by atoms with van der Waals surface area (Å²) in [6, 6.07) is 9.40. The average Bonchev–Trinajstić information content (AvgIpc) is 3.34. The van der Waals surface area contributed by atoms with Gasteiger partial charge < -0.3 is 19.0 Å². The zero-order valence-corrected chi connectivity index (χ0v) is 14.5. The quantitative estimate of drug-likeness (QED) is 0.628. The van der Waals surface area contributed by atoms with E-state index in [1.807, 2.05) is 0 Å². The molecule has 0 fully saturated rings. The molecular formula is C18H16F3N3O4. The third-order valence-corrected chi connectivity index (χ3v) is 3.59. The van der Waals surface area contributed by atoms with Gasteiger partial charge in [-0.05, 0) is 29.8 Å². The SMILES string of the molecule is O=C(CCc1nc(-c2ccco2)no1)NCc1ccc(OCC(F)(F)F)cc1. The third-order valence-electron chi connectivity index (χ3n) is 3.59. The molecule has 148 valence electrons. The van der Waals surface area contributed by atoms with Crippen molar-refractivity contribution >= 4 is 5.91 Å². The zero-order valence-electron chi connectivity index (χ0n) is 14.5. The second kappa shape index (κ2) is 8.59. The molecule has 1 amide bonds. The van der Waals surface area contributed by atoms with Gasteiger partial charge in [0.15, 0.2) is 12.4 Å². The lowest BCUT2D eigenvalue weighted by Gasteiger charge is -2.10. The highest BCUT2D eigenvalue weighted by molar-refractivity contribution is 5.76. The number of rotatable bonds is 8. The summed E-state index contributed by atoms with van der Waals surface area (Å²) >= 11 is 0. The van der Waals surface area contributed by atoms with Gasteiger partial charge in [-0.2, -0.15) is 18.2 Å². The number of furan rings is 1. The lowest BCUT2D eigenvalue weighted by Crippen LogP contribution is -2.23. The second-order valence-electron chi connectivity index (χ2n) is 5.81. The summed E-state index contributed by atoms with van der Waals surface area (Å²) < 4.78 is 51.2. The molecule has 0 aliphatic rings. The molecule has 28 heavy (non-hydrogen) atoms. The highest BCUT2D eigenvalue weighted by Crippen LogP contribution is 2.19. The summed E-state index contributed by atoms with van der Waals surface area (Å²) in [6.45, 7) is -1.11. The topological polar surface area (TPSA) is 90.4 Å². The van der Waals surface area contributed by atoms with Crippen LogP contribution in [0.25, 0.3) is 11.6 Å². The van der Waals surface area contributed by atoms with E-state index >= 15 is 0 Å². The Hall–Kier alpha value is -3.30. The Kier molecular flexibility index (Phi) is 5.97. The molecule has 0 aliphatic heterocycles. The fourth-order valence-corrected chi connectivity index (χ4v) is 2.24. The van der Waals surface area contributed by atoms with Gasteiger partial charge in [-0.25, -0.2) is 0 Å². The van der Waals surface area contributed by atoms with Gasteiger partial charge in [-0.1, -0.05) is 17.3 Å². The van der Waals surface area contributed by atoms with Gasteiger partial charge in [0.2, 0.25) is 17.6 Å². The number of nitrogens with zero attached hydrogens (tertiary/aromatic N) is 2. The number of nitrogens with one attached hydrogen (secondary N) is 1. The van der Waals surface area contributed by atoms with Crippen molar-refractivity contribution in [2.75, 3.05) is 6.61 Å². The molecule has 3 aromatic rings. The first-order chi connectivity index (χ1) is 13.4. The Bertz CT molecular complexity index is 890. The summed E-state index contributed by atoms with van der Waals surface area (Å²) in [7, 11) is 0. The molecule has 0 atom stereocenters. The van der Waals surface area contributed by atoms with Crippen molar-refractivity contribution in [3.8, 4) is 17.3 Å². The van der Waals surface area contributed by atoms with E-state index in [-0.39, 0.29) is 31.0 Å². The first-order valence-electron chi connectivity index (χ1n) is 8.31. The van der Waals surface area contributed by atoms with E-state index in [0.29, 0.717) is 17.5 Å². The standard InChI is InChI=1S/C18H16F3N3O4/c19-18(20,21)11-27-13-5-3-12(4-6-13)10-22-15(25)7-8-16-23-17(24-28-16)14-2-1-9-26-14/h1-6,9H,7-8,10-11H2,(H,22,25). The van der Waals surface area contributed by atoms with Crippen LogP contribution in [0.1, 0.15) is 17.9 Å². The molecule has 7 nitrogen and oxygen atoms in total. The predicted octanol–water partition coefficient (Wildman–Crippen LogP) is 3.52. The summed E-state index contributed by atoms with van der Waals surface area (Å²) in [5.41, 5.74) is 0.727. The smallest absolute Gasteiger partial charge is 0.422 e. The molecule has 0 saturated carbocycles. The minimum Gasteiger partial charge on any atom is -0.484 e. The number of hydrogen-bond acceptors (Lipinski definition) is 6. The Morgan fingerprint density at radius 1 is 1.18 bits per heavy atom. The first kappa shape index (κ1) is 19.5. The molecule has 10 heteroatoms.